The minimum Gasteiger partial charge on any atom is -0.494 e. The summed E-state index contributed by atoms with van der Waals surface area (Å²) in [5, 5.41) is 0. The number of pyridine rings is 1. The van der Waals surface area contributed by atoms with Gasteiger partial charge in [-0.2, -0.15) is 0 Å². The van der Waals surface area contributed by atoms with Gasteiger partial charge in [0.2, 0.25) is 0 Å². The summed E-state index contributed by atoms with van der Waals surface area (Å²) in [5.74, 6) is 0.535. The van der Waals surface area contributed by atoms with E-state index in [0.29, 0.717) is 13.2 Å². The standard InChI is InChI=1S/C19H20N2O3S2/c1-4-23-14-6-7-15-16(12-14)25-18(21-15)26-19(3,17(22)24-5-2)13-8-10-20-11-9-13/h6-12H,4-5H2,1-3H3. The predicted molar refractivity (Wildman–Crippen MR) is 105 cm³/mol. The van der Waals surface area contributed by atoms with Gasteiger partial charge in [0.15, 0.2) is 4.34 Å². The normalized spacial score (nSPS) is 13.3. The lowest BCUT2D eigenvalue weighted by Gasteiger charge is -2.25. The number of nitrogens with zero attached hydrogens (tertiary/aromatic N) is 2. The molecule has 0 aliphatic carbocycles. The molecule has 0 spiro atoms. The number of rotatable bonds is 7. The number of thiazole rings is 1. The lowest BCUT2D eigenvalue weighted by Crippen LogP contribution is -2.31. The minimum atomic E-state index is -0.893. The summed E-state index contributed by atoms with van der Waals surface area (Å²) in [6, 6.07) is 9.51. The molecular weight excluding hydrogens is 368 g/mol. The van der Waals surface area contributed by atoms with Crippen LogP contribution in [0.1, 0.15) is 26.3 Å². The molecular formula is C19H20N2O3S2. The highest BCUT2D eigenvalue weighted by atomic mass is 32.2. The van der Waals surface area contributed by atoms with Crippen LogP contribution < -0.4 is 4.74 Å². The molecule has 0 amide bonds. The molecule has 1 atom stereocenters. The summed E-state index contributed by atoms with van der Waals surface area (Å²) in [4.78, 5) is 21.4. The number of ether oxygens (including phenoxy) is 2. The Balaban J connectivity index is 1.96. The van der Waals surface area contributed by atoms with Crippen LogP contribution in [-0.2, 0) is 14.3 Å². The van der Waals surface area contributed by atoms with Gasteiger partial charge in [-0.15, -0.1) is 11.3 Å². The molecule has 26 heavy (non-hydrogen) atoms. The molecule has 2 heterocycles. The first-order valence-electron chi connectivity index (χ1n) is 8.37. The van der Waals surface area contributed by atoms with Gasteiger partial charge in [-0.05, 0) is 56.7 Å². The van der Waals surface area contributed by atoms with E-state index >= 15 is 0 Å². The summed E-state index contributed by atoms with van der Waals surface area (Å²) in [6.45, 7) is 6.58. The van der Waals surface area contributed by atoms with Crippen molar-refractivity contribution in [3.63, 3.8) is 0 Å². The van der Waals surface area contributed by atoms with E-state index in [1.165, 1.54) is 11.8 Å². The summed E-state index contributed by atoms with van der Waals surface area (Å²) in [5.41, 5.74) is 1.73. The average Bonchev–Trinajstić information content (AvgIpc) is 3.04. The van der Waals surface area contributed by atoms with E-state index in [0.717, 1.165) is 25.9 Å². The Labute approximate surface area is 160 Å². The number of benzene rings is 1. The molecule has 136 valence electrons. The van der Waals surface area contributed by atoms with E-state index in [9.17, 15) is 4.79 Å². The highest BCUT2D eigenvalue weighted by Crippen LogP contribution is 2.45. The molecule has 1 unspecified atom stereocenters. The Morgan fingerprint density at radius 2 is 1.96 bits per heavy atom. The highest BCUT2D eigenvalue weighted by molar-refractivity contribution is 8.02. The molecule has 0 saturated carbocycles. The molecule has 0 radical (unpaired) electrons. The molecule has 0 aliphatic heterocycles. The molecule has 2 aromatic heterocycles. The lowest BCUT2D eigenvalue weighted by molar-refractivity contribution is -0.145. The fourth-order valence-electron chi connectivity index (χ4n) is 2.52. The number of aromatic nitrogens is 2. The van der Waals surface area contributed by atoms with E-state index < -0.39 is 4.75 Å². The zero-order valence-corrected chi connectivity index (χ0v) is 16.5. The van der Waals surface area contributed by atoms with Gasteiger partial charge in [0.25, 0.3) is 0 Å². The van der Waals surface area contributed by atoms with Crippen molar-refractivity contribution in [1.29, 1.82) is 0 Å². The second-order valence-electron chi connectivity index (χ2n) is 5.63. The van der Waals surface area contributed by atoms with Crippen molar-refractivity contribution < 1.29 is 14.3 Å². The van der Waals surface area contributed by atoms with Crippen LogP contribution in [-0.4, -0.2) is 29.2 Å². The summed E-state index contributed by atoms with van der Waals surface area (Å²) >= 11 is 2.94. The molecule has 0 saturated heterocycles. The number of esters is 1. The first-order chi connectivity index (χ1) is 12.6. The number of hydrogen-bond donors (Lipinski definition) is 0. The molecule has 0 aliphatic rings. The second kappa shape index (κ2) is 8.05. The van der Waals surface area contributed by atoms with Crippen molar-refractivity contribution in [2.75, 3.05) is 13.2 Å². The summed E-state index contributed by atoms with van der Waals surface area (Å²) in [6.07, 6.45) is 3.36. The fraction of sp³-hybridized carbons (Fsp3) is 0.316. The number of carbonyl (C=O) groups excluding carboxylic acids is 1. The molecule has 0 N–H and O–H groups in total. The van der Waals surface area contributed by atoms with Gasteiger partial charge in [-0.3, -0.25) is 9.78 Å². The first-order valence-corrected chi connectivity index (χ1v) is 10.00. The predicted octanol–water partition coefficient (Wildman–Crippen LogP) is 4.66. The molecule has 0 bridgehead atoms. The topological polar surface area (TPSA) is 61.3 Å². The van der Waals surface area contributed by atoms with Gasteiger partial charge in [-0.1, -0.05) is 11.8 Å². The smallest absolute Gasteiger partial charge is 0.326 e. The van der Waals surface area contributed by atoms with Crippen LogP contribution in [0.5, 0.6) is 5.75 Å². The third-order valence-corrected chi connectivity index (χ3v) is 6.23. The van der Waals surface area contributed by atoms with Crippen molar-refractivity contribution in [3.8, 4) is 5.75 Å². The van der Waals surface area contributed by atoms with Crippen molar-refractivity contribution in [2.24, 2.45) is 0 Å². The Hall–Kier alpha value is -2.12. The van der Waals surface area contributed by atoms with Crippen LogP contribution in [0.25, 0.3) is 10.2 Å². The molecule has 1 aromatic carbocycles. The van der Waals surface area contributed by atoms with E-state index in [1.807, 2.05) is 51.1 Å². The average molecular weight is 389 g/mol. The third-order valence-electron chi connectivity index (χ3n) is 3.84. The monoisotopic (exact) mass is 388 g/mol. The van der Waals surface area contributed by atoms with E-state index in [1.54, 1.807) is 23.7 Å². The van der Waals surface area contributed by atoms with Crippen LogP contribution >= 0.6 is 23.1 Å². The second-order valence-corrected chi connectivity index (χ2v) is 8.33. The van der Waals surface area contributed by atoms with Gasteiger partial charge in [0.1, 0.15) is 10.5 Å². The summed E-state index contributed by atoms with van der Waals surface area (Å²) < 4.78 is 11.8. The molecule has 3 aromatic rings. The lowest BCUT2D eigenvalue weighted by atomic mass is 10.0. The Kier molecular flexibility index (Phi) is 5.78. The zero-order chi connectivity index (χ0) is 18.6. The largest absolute Gasteiger partial charge is 0.494 e. The number of carbonyl (C=O) groups is 1. The third kappa shape index (κ3) is 3.83. The van der Waals surface area contributed by atoms with Gasteiger partial charge >= 0.3 is 5.97 Å². The maximum atomic E-state index is 12.7. The molecule has 0 fully saturated rings. The maximum absolute atomic E-state index is 12.7. The van der Waals surface area contributed by atoms with Crippen LogP contribution in [0.4, 0.5) is 0 Å². The molecule has 3 rings (SSSR count). The van der Waals surface area contributed by atoms with Crippen molar-refractivity contribution in [3.05, 3.63) is 48.3 Å². The first kappa shape index (κ1) is 18.7. The highest BCUT2D eigenvalue weighted by Gasteiger charge is 2.39. The Morgan fingerprint density at radius 1 is 1.19 bits per heavy atom. The molecule has 7 heteroatoms. The van der Waals surface area contributed by atoms with Crippen LogP contribution in [0.3, 0.4) is 0 Å². The fourth-order valence-corrected chi connectivity index (χ4v) is 5.07. The number of thioether (sulfide) groups is 1. The van der Waals surface area contributed by atoms with Crippen molar-refractivity contribution in [2.45, 2.75) is 29.9 Å². The Morgan fingerprint density at radius 3 is 2.65 bits per heavy atom. The number of fused-ring (bicyclic) bond motifs is 1. The van der Waals surface area contributed by atoms with Crippen molar-refractivity contribution in [1.82, 2.24) is 9.97 Å². The number of hydrogen-bond acceptors (Lipinski definition) is 7. The van der Waals surface area contributed by atoms with Gasteiger partial charge in [0, 0.05) is 12.4 Å². The van der Waals surface area contributed by atoms with Crippen molar-refractivity contribution >= 4 is 39.3 Å². The van der Waals surface area contributed by atoms with Crippen LogP contribution in [0.2, 0.25) is 0 Å². The van der Waals surface area contributed by atoms with Crippen LogP contribution in [0, 0.1) is 0 Å². The van der Waals surface area contributed by atoms with E-state index in [2.05, 4.69) is 9.97 Å². The van der Waals surface area contributed by atoms with Crippen LogP contribution in [0.15, 0.2) is 47.1 Å². The van der Waals surface area contributed by atoms with E-state index in [4.69, 9.17) is 9.47 Å². The van der Waals surface area contributed by atoms with Gasteiger partial charge < -0.3 is 9.47 Å². The van der Waals surface area contributed by atoms with E-state index in [-0.39, 0.29) is 5.97 Å². The SMILES string of the molecule is CCOC(=O)C(C)(Sc1nc2ccc(OCC)cc2s1)c1ccncc1. The molecule has 5 nitrogen and oxygen atoms in total. The maximum Gasteiger partial charge on any atom is 0.326 e. The zero-order valence-electron chi connectivity index (χ0n) is 14.9. The summed E-state index contributed by atoms with van der Waals surface area (Å²) in [7, 11) is 0. The quantitative estimate of drug-likeness (QED) is 0.433. The van der Waals surface area contributed by atoms with Gasteiger partial charge in [-0.25, -0.2) is 4.98 Å². The Bertz CT molecular complexity index is 898. The minimum absolute atomic E-state index is 0.287. The van der Waals surface area contributed by atoms with Gasteiger partial charge in [0.05, 0.1) is 23.4 Å².